The number of nitrogens with zero attached hydrogens (tertiary/aromatic N) is 2. The van der Waals surface area contributed by atoms with Gasteiger partial charge in [0.05, 0.1) is 13.2 Å². The molecular weight excluding hydrogens is 322 g/mol. The predicted molar refractivity (Wildman–Crippen MR) is 106 cm³/mol. The molecule has 1 aliphatic heterocycles. The van der Waals surface area contributed by atoms with Crippen molar-refractivity contribution in [2.24, 2.45) is 0 Å². The van der Waals surface area contributed by atoms with Gasteiger partial charge >= 0.3 is 0 Å². The number of hydrogen-bond acceptors (Lipinski definition) is 4. The molecule has 1 fully saturated rings. The normalized spacial score (nSPS) is 17.0. The van der Waals surface area contributed by atoms with Crippen LogP contribution < -0.4 is 10.1 Å². The molecule has 2 heterocycles. The molecular formula is C22H25N3O. The van der Waals surface area contributed by atoms with Crippen LogP contribution in [0.4, 0.5) is 0 Å². The number of benzene rings is 2. The highest BCUT2D eigenvalue weighted by atomic mass is 16.5. The van der Waals surface area contributed by atoms with Crippen LogP contribution in [0.2, 0.25) is 0 Å². The summed E-state index contributed by atoms with van der Waals surface area (Å²) in [5.74, 6) is 0.908. The van der Waals surface area contributed by atoms with Gasteiger partial charge in [-0.1, -0.05) is 24.3 Å². The Morgan fingerprint density at radius 1 is 1.00 bits per heavy atom. The van der Waals surface area contributed by atoms with E-state index in [1.165, 1.54) is 21.9 Å². The highest BCUT2D eigenvalue weighted by Gasteiger charge is 2.23. The molecule has 26 heavy (non-hydrogen) atoms. The van der Waals surface area contributed by atoms with Crippen molar-refractivity contribution in [1.29, 1.82) is 0 Å². The Labute approximate surface area is 154 Å². The number of nitrogens with one attached hydrogen (secondary N) is 1. The zero-order chi connectivity index (χ0) is 17.8. The molecule has 1 N–H and O–H groups in total. The fourth-order valence-corrected chi connectivity index (χ4v) is 3.82. The summed E-state index contributed by atoms with van der Waals surface area (Å²) in [5.41, 5.74) is 2.60. The summed E-state index contributed by atoms with van der Waals surface area (Å²) in [4.78, 5) is 6.82. The fourth-order valence-electron chi connectivity index (χ4n) is 3.82. The van der Waals surface area contributed by atoms with Gasteiger partial charge in [-0.15, -0.1) is 0 Å². The van der Waals surface area contributed by atoms with Gasteiger partial charge < -0.3 is 10.1 Å². The summed E-state index contributed by atoms with van der Waals surface area (Å²) >= 11 is 0. The van der Waals surface area contributed by atoms with E-state index in [1.54, 1.807) is 7.11 Å². The van der Waals surface area contributed by atoms with Crippen LogP contribution in [0.5, 0.6) is 5.75 Å². The molecule has 0 aliphatic carbocycles. The van der Waals surface area contributed by atoms with E-state index in [-0.39, 0.29) is 6.04 Å². The Morgan fingerprint density at radius 2 is 1.92 bits per heavy atom. The molecule has 3 aromatic rings. The van der Waals surface area contributed by atoms with Crippen LogP contribution in [0.3, 0.4) is 0 Å². The molecule has 1 saturated heterocycles. The molecule has 4 nitrogen and oxygen atoms in total. The highest BCUT2D eigenvalue weighted by Crippen LogP contribution is 2.32. The SMILES string of the molecule is COc1cccc(C(c2ccc3cnccc3c2)N2CCCNCC2)c1. The minimum Gasteiger partial charge on any atom is -0.497 e. The quantitative estimate of drug-likeness (QED) is 0.782. The van der Waals surface area contributed by atoms with Crippen LogP contribution in [0, 0.1) is 0 Å². The Hall–Kier alpha value is -2.43. The van der Waals surface area contributed by atoms with Crippen molar-refractivity contribution < 1.29 is 4.74 Å². The van der Waals surface area contributed by atoms with Gasteiger partial charge in [-0.05, 0) is 53.7 Å². The molecule has 4 rings (SSSR count). The fraction of sp³-hybridized carbons (Fsp3) is 0.318. The van der Waals surface area contributed by atoms with E-state index in [4.69, 9.17) is 4.74 Å². The predicted octanol–water partition coefficient (Wildman–Crippen LogP) is 3.63. The Morgan fingerprint density at radius 3 is 2.85 bits per heavy atom. The zero-order valence-corrected chi connectivity index (χ0v) is 15.2. The van der Waals surface area contributed by atoms with Gasteiger partial charge in [-0.25, -0.2) is 0 Å². The van der Waals surface area contributed by atoms with Crippen molar-refractivity contribution in [3.63, 3.8) is 0 Å². The van der Waals surface area contributed by atoms with Crippen LogP contribution in [0.25, 0.3) is 10.8 Å². The number of ether oxygens (including phenoxy) is 1. The standard InChI is InChI=1S/C22H25N3O/c1-26-21-5-2-4-18(15-21)22(25-12-3-9-23-11-13-25)19-6-7-20-16-24-10-8-17(20)14-19/h2,4-8,10,14-16,22-23H,3,9,11-13H2,1H3. The molecule has 134 valence electrons. The molecule has 1 atom stereocenters. The maximum absolute atomic E-state index is 5.48. The smallest absolute Gasteiger partial charge is 0.119 e. The van der Waals surface area contributed by atoms with Crippen molar-refractivity contribution >= 4 is 10.8 Å². The second-order valence-corrected chi connectivity index (χ2v) is 6.80. The Bertz CT molecular complexity index is 872. The van der Waals surface area contributed by atoms with Gasteiger partial charge in [0.15, 0.2) is 0 Å². The van der Waals surface area contributed by atoms with Gasteiger partial charge in [0.2, 0.25) is 0 Å². The zero-order valence-electron chi connectivity index (χ0n) is 15.2. The van der Waals surface area contributed by atoms with Crippen molar-refractivity contribution in [3.8, 4) is 5.75 Å². The van der Waals surface area contributed by atoms with Crippen molar-refractivity contribution in [2.45, 2.75) is 12.5 Å². The lowest BCUT2D eigenvalue weighted by molar-refractivity contribution is 0.241. The molecule has 0 bridgehead atoms. The molecule has 1 aromatic heterocycles. The number of pyridine rings is 1. The van der Waals surface area contributed by atoms with Gasteiger partial charge in [0.25, 0.3) is 0 Å². The first-order chi connectivity index (χ1) is 12.8. The van der Waals surface area contributed by atoms with Crippen LogP contribution in [0.1, 0.15) is 23.6 Å². The van der Waals surface area contributed by atoms with E-state index in [0.717, 1.165) is 38.3 Å². The minimum absolute atomic E-state index is 0.225. The van der Waals surface area contributed by atoms with E-state index >= 15 is 0 Å². The van der Waals surface area contributed by atoms with Crippen molar-refractivity contribution in [1.82, 2.24) is 15.2 Å². The lowest BCUT2D eigenvalue weighted by atomic mass is 9.95. The summed E-state index contributed by atoms with van der Waals surface area (Å²) in [6.45, 7) is 4.24. The summed E-state index contributed by atoms with van der Waals surface area (Å²) in [6, 6.07) is 17.5. The average molecular weight is 347 g/mol. The third kappa shape index (κ3) is 3.57. The first-order valence-corrected chi connectivity index (χ1v) is 9.27. The number of rotatable bonds is 4. The Kier molecular flexibility index (Phi) is 5.14. The summed E-state index contributed by atoms with van der Waals surface area (Å²) in [7, 11) is 1.73. The summed E-state index contributed by atoms with van der Waals surface area (Å²) in [5, 5.41) is 5.93. The molecule has 0 radical (unpaired) electrons. The third-order valence-corrected chi connectivity index (χ3v) is 5.13. The first-order valence-electron chi connectivity index (χ1n) is 9.27. The number of methoxy groups -OCH3 is 1. The molecule has 1 unspecified atom stereocenters. The van der Waals surface area contributed by atoms with E-state index in [1.807, 2.05) is 18.5 Å². The third-order valence-electron chi connectivity index (χ3n) is 5.13. The van der Waals surface area contributed by atoms with E-state index in [2.05, 4.69) is 57.7 Å². The monoisotopic (exact) mass is 347 g/mol. The maximum atomic E-state index is 5.48. The number of fused-ring (bicyclic) bond motifs is 1. The number of hydrogen-bond donors (Lipinski definition) is 1. The molecule has 0 spiro atoms. The topological polar surface area (TPSA) is 37.4 Å². The molecule has 4 heteroatoms. The average Bonchev–Trinajstić information content (AvgIpc) is 2.98. The second kappa shape index (κ2) is 7.85. The lowest BCUT2D eigenvalue weighted by Crippen LogP contribution is -2.33. The van der Waals surface area contributed by atoms with Crippen molar-refractivity contribution in [3.05, 3.63) is 72.1 Å². The van der Waals surface area contributed by atoms with E-state index in [9.17, 15) is 0 Å². The number of aromatic nitrogens is 1. The summed E-state index contributed by atoms with van der Waals surface area (Å²) < 4.78 is 5.48. The van der Waals surface area contributed by atoms with Gasteiger partial charge in [0.1, 0.15) is 5.75 Å². The second-order valence-electron chi connectivity index (χ2n) is 6.80. The van der Waals surface area contributed by atoms with Crippen LogP contribution >= 0.6 is 0 Å². The minimum atomic E-state index is 0.225. The molecule has 0 amide bonds. The first kappa shape index (κ1) is 17.0. The van der Waals surface area contributed by atoms with Gasteiger partial charge in [0, 0.05) is 37.4 Å². The largest absolute Gasteiger partial charge is 0.497 e. The molecule has 0 saturated carbocycles. The van der Waals surface area contributed by atoms with Crippen LogP contribution in [-0.4, -0.2) is 43.2 Å². The van der Waals surface area contributed by atoms with Gasteiger partial charge in [-0.3, -0.25) is 9.88 Å². The van der Waals surface area contributed by atoms with E-state index in [0.29, 0.717) is 0 Å². The van der Waals surface area contributed by atoms with E-state index < -0.39 is 0 Å². The van der Waals surface area contributed by atoms with Gasteiger partial charge in [-0.2, -0.15) is 0 Å². The van der Waals surface area contributed by atoms with Crippen LogP contribution in [-0.2, 0) is 0 Å². The highest BCUT2D eigenvalue weighted by molar-refractivity contribution is 5.82. The molecule has 2 aromatic carbocycles. The summed E-state index contributed by atoms with van der Waals surface area (Å²) in [6.07, 6.45) is 4.95. The van der Waals surface area contributed by atoms with Crippen LogP contribution in [0.15, 0.2) is 60.9 Å². The lowest BCUT2D eigenvalue weighted by Gasteiger charge is -2.31. The molecule has 1 aliphatic rings. The van der Waals surface area contributed by atoms with Crippen molar-refractivity contribution in [2.75, 3.05) is 33.3 Å². The Balaban J connectivity index is 1.79. The maximum Gasteiger partial charge on any atom is 0.119 e.